The number of carbonyl (C=O) groups is 1. The van der Waals surface area contributed by atoms with Gasteiger partial charge in [-0.1, -0.05) is 12.1 Å². The van der Waals surface area contributed by atoms with Gasteiger partial charge >= 0.3 is 0 Å². The third-order valence-corrected chi connectivity index (χ3v) is 8.00. The van der Waals surface area contributed by atoms with Crippen LogP contribution in [0.4, 0.5) is 13.2 Å². The van der Waals surface area contributed by atoms with Crippen LogP contribution in [-0.2, 0) is 9.84 Å². The van der Waals surface area contributed by atoms with Gasteiger partial charge in [0.25, 0.3) is 11.5 Å². The van der Waals surface area contributed by atoms with Gasteiger partial charge in [-0.3, -0.25) is 14.2 Å². The predicted molar refractivity (Wildman–Crippen MR) is 126 cm³/mol. The number of aliphatic hydroxyl groups is 1. The molecule has 2 atom stereocenters. The Kier molecular flexibility index (Phi) is 7.60. The third-order valence-electron chi connectivity index (χ3n) is 5.90. The molecule has 3 aromatic rings. The first kappa shape index (κ1) is 27.0. The zero-order valence-electron chi connectivity index (χ0n) is 19.2. The zero-order chi connectivity index (χ0) is 26.8. The summed E-state index contributed by atoms with van der Waals surface area (Å²) in [5, 5.41) is 22.9. The highest BCUT2D eigenvalue weighted by molar-refractivity contribution is 7.92. The Morgan fingerprint density at radius 1 is 1.11 bits per heavy atom. The molecular weight excluding hydrogens is 501 g/mol. The Hall–Kier alpha value is -3.64. The molecule has 12 heteroatoms. The molecule has 0 aliphatic carbocycles. The fourth-order valence-corrected chi connectivity index (χ4v) is 4.31. The molecule has 0 bridgehead atoms. The molecular formula is C24H23F3N2O6S. The van der Waals surface area contributed by atoms with Crippen molar-refractivity contribution < 1.29 is 36.6 Å². The van der Waals surface area contributed by atoms with E-state index in [1.165, 1.54) is 37.3 Å². The molecule has 0 aliphatic rings. The lowest BCUT2D eigenvalue weighted by Gasteiger charge is -2.30. The van der Waals surface area contributed by atoms with Crippen molar-refractivity contribution in [3.8, 4) is 16.9 Å². The van der Waals surface area contributed by atoms with Gasteiger partial charge in [0.1, 0.15) is 12.0 Å². The van der Waals surface area contributed by atoms with Crippen LogP contribution in [-0.4, -0.2) is 46.7 Å². The molecule has 1 heterocycles. The average molecular weight is 525 g/mol. The van der Waals surface area contributed by atoms with Crippen molar-refractivity contribution in [1.29, 1.82) is 0 Å². The number of nitrogens with zero attached hydrogens (tertiary/aromatic N) is 1. The Morgan fingerprint density at radius 2 is 1.78 bits per heavy atom. The van der Waals surface area contributed by atoms with Crippen LogP contribution in [0, 0.1) is 17.5 Å². The van der Waals surface area contributed by atoms with E-state index in [9.17, 15) is 41.4 Å². The number of carbonyl (C=O) groups excluding carboxylic acids is 1. The normalized spacial score (nSPS) is 14.2. The van der Waals surface area contributed by atoms with Crippen molar-refractivity contribution in [2.75, 3.05) is 12.8 Å². The number of aliphatic hydroxyl groups excluding tert-OH is 1. The largest absolute Gasteiger partial charge is 0.507 e. The minimum Gasteiger partial charge on any atom is -0.507 e. The second-order valence-electron chi connectivity index (χ2n) is 8.49. The van der Waals surface area contributed by atoms with Crippen LogP contribution in [0.1, 0.15) is 29.9 Å². The standard InChI is InChI=1S/C24H23F3N2O6S/c1-24(36(2,34)35,13-28-23(33)16-5-3-4-6-18(16)30)12-20(32)29-10-9-14(11-19(29)31)15-7-8-17(25)22(27)21(15)26/h3-11,20,30,32H,12-13H2,1-2H3,(H,28,33). The summed E-state index contributed by atoms with van der Waals surface area (Å²) in [5.74, 6) is -5.63. The highest BCUT2D eigenvalue weighted by Gasteiger charge is 2.39. The number of pyridine rings is 1. The first-order valence-electron chi connectivity index (χ1n) is 10.5. The minimum atomic E-state index is -3.91. The lowest BCUT2D eigenvalue weighted by atomic mass is 10.0. The number of para-hydroxylation sites is 1. The van der Waals surface area contributed by atoms with Crippen LogP contribution in [0.5, 0.6) is 5.75 Å². The van der Waals surface area contributed by atoms with E-state index in [1.54, 1.807) is 0 Å². The van der Waals surface area contributed by atoms with Crippen LogP contribution in [0.3, 0.4) is 0 Å². The lowest BCUT2D eigenvalue weighted by Crippen LogP contribution is -2.48. The molecule has 1 aromatic heterocycles. The molecule has 0 fully saturated rings. The molecule has 36 heavy (non-hydrogen) atoms. The van der Waals surface area contributed by atoms with E-state index in [1.807, 2.05) is 0 Å². The Balaban J connectivity index is 1.85. The third kappa shape index (κ3) is 5.44. The van der Waals surface area contributed by atoms with Gasteiger partial charge in [0, 0.05) is 37.0 Å². The fourth-order valence-electron chi connectivity index (χ4n) is 3.52. The molecule has 1 amide bonds. The number of hydrogen-bond donors (Lipinski definition) is 3. The Morgan fingerprint density at radius 3 is 2.39 bits per heavy atom. The number of benzene rings is 2. The molecule has 192 valence electrons. The fraction of sp³-hybridized carbons (Fsp3) is 0.250. The molecule has 0 radical (unpaired) electrons. The van der Waals surface area contributed by atoms with Gasteiger partial charge in [-0.15, -0.1) is 0 Å². The summed E-state index contributed by atoms with van der Waals surface area (Å²) in [6.45, 7) is 0.815. The number of rotatable bonds is 8. The lowest BCUT2D eigenvalue weighted by molar-refractivity contribution is 0.0767. The summed E-state index contributed by atoms with van der Waals surface area (Å²) in [7, 11) is -3.91. The van der Waals surface area contributed by atoms with Gasteiger partial charge in [0.05, 0.1) is 10.3 Å². The summed E-state index contributed by atoms with van der Waals surface area (Å²) in [5.41, 5.74) is -1.40. The SMILES string of the molecule is CC(CNC(=O)c1ccccc1O)(CC(O)n1ccc(-c2ccc(F)c(F)c2F)cc1=O)S(C)(=O)=O. The van der Waals surface area contributed by atoms with E-state index in [4.69, 9.17) is 0 Å². The number of halogens is 3. The highest BCUT2D eigenvalue weighted by atomic mass is 32.2. The van der Waals surface area contributed by atoms with Crippen LogP contribution >= 0.6 is 0 Å². The highest BCUT2D eigenvalue weighted by Crippen LogP contribution is 2.28. The molecule has 0 aliphatic heterocycles. The van der Waals surface area contributed by atoms with Crippen molar-refractivity contribution in [3.63, 3.8) is 0 Å². The first-order valence-corrected chi connectivity index (χ1v) is 12.4. The van der Waals surface area contributed by atoms with Gasteiger partial charge < -0.3 is 15.5 Å². The Bertz CT molecular complexity index is 1470. The van der Waals surface area contributed by atoms with Crippen molar-refractivity contribution in [2.24, 2.45) is 0 Å². The van der Waals surface area contributed by atoms with Gasteiger partial charge in [-0.2, -0.15) is 0 Å². The maximum absolute atomic E-state index is 14.1. The topological polar surface area (TPSA) is 126 Å². The number of hydrogen-bond acceptors (Lipinski definition) is 6. The molecule has 8 nitrogen and oxygen atoms in total. The van der Waals surface area contributed by atoms with Crippen molar-refractivity contribution in [2.45, 2.75) is 24.3 Å². The summed E-state index contributed by atoms with van der Waals surface area (Å²) in [6.07, 6.45) is -0.232. The van der Waals surface area contributed by atoms with E-state index in [0.717, 1.165) is 29.2 Å². The summed E-state index contributed by atoms with van der Waals surface area (Å²) in [4.78, 5) is 25.0. The smallest absolute Gasteiger partial charge is 0.255 e. The molecule has 2 aromatic carbocycles. The second-order valence-corrected chi connectivity index (χ2v) is 11.0. The van der Waals surface area contributed by atoms with Crippen LogP contribution < -0.4 is 10.9 Å². The number of aromatic nitrogens is 1. The molecule has 3 rings (SSSR count). The quantitative estimate of drug-likeness (QED) is 0.389. The number of aromatic hydroxyl groups is 1. The monoisotopic (exact) mass is 524 g/mol. The molecule has 0 spiro atoms. The maximum Gasteiger partial charge on any atom is 0.255 e. The van der Waals surface area contributed by atoms with Crippen LogP contribution in [0.2, 0.25) is 0 Å². The van der Waals surface area contributed by atoms with Crippen LogP contribution in [0.25, 0.3) is 11.1 Å². The second kappa shape index (κ2) is 10.2. The van der Waals surface area contributed by atoms with Gasteiger partial charge in [-0.25, -0.2) is 21.6 Å². The minimum absolute atomic E-state index is 0.0785. The maximum atomic E-state index is 14.1. The predicted octanol–water partition coefficient (Wildman–Crippen LogP) is 2.75. The summed E-state index contributed by atoms with van der Waals surface area (Å²) < 4.78 is 65.0. The number of phenolic OH excluding ortho intramolecular Hbond substituents is 1. The van der Waals surface area contributed by atoms with E-state index < -0.39 is 62.7 Å². The molecule has 0 saturated carbocycles. The van der Waals surface area contributed by atoms with E-state index in [-0.39, 0.29) is 22.4 Å². The molecule has 3 N–H and O–H groups in total. The van der Waals surface area contributed by atoms with Crippen molar-refractivity contribution >= 4 is 15.7 Å². The van der Waals surface area contributed by atoms with Crippen LogP contribution in [0.15, 0.2) is 59.5 Å². The number of sulfone groups is 1. The molecule has 0 saturated heterocycles. The Labute approximate surface area is 204 Å². The average Bonchev–Trinajstić information content (AvgIpc) is 2.80. The van der Waals surface area contributed by atoms with Crippen molar-refractivity contribution in [3.05, 3.63) is 88.1 Å². The zero-order valence-corrected chi connectivity index (χ0v) is 20.0. The summed E-state index contributed by atoms with van der Waals surface area (Å²) >= 11 is 0. The summed E-state index contributed by atoms with van der Waals surface area (Å²) in [6, 6.07) is 9.37. The molecule has 2 unspecified atom stereocenters. The van der Waals surface area contributed by atoms with E-state index in [2.05, 4.69) is 5.32 Å². The van der Waals surface area contributed by atoms with Gasteiger partial charge in [0.15, 0.2) is 27.3 Å². The van der Waals surface area contributed by atoms with Crippen molar-refractivity contribution in [1.82, 2.24) is 9.88 Å². The van der Waals surface area contributed by atoms with E-state index >= 15 is 0 Å². The van der Waals surface area contributed by atoms with E-state index in [0.29, 0.717) is 6.07 Å². The first-order chi connectivity index (χ1) is 16.7. The van der Waals surface area contributed by atoms with Gasteiger partial charge in [-0.05, 0) is 42.8 Å². The number of nitrogens with one attached hydrogen (secondary N) is 1. The van der Waals surface area contributed by atoms with Gasteiger partial charge in [0.2, 0.25) is 0 Å². The number of phenols is 1. The number of amides is 1.